The van der Waals surface area contributed by atoms with Gasteiger partial charge < -0.3 is 29.2 Å². The number of hydrogen-bond donors (Lipinski definition) is 2. The van der Waals surface area contributed by atoms with Crippen LogP contribution in [0.15, 0.2) is 60.7 Å². The molecule has 2 atom stereocenters. The minimum absolute atomic E-state index is 0.272. The minimum atomic E-state index is -1.12. The number of carboxylic acids is 2. The van der Waals surface area contributed by atoms with Crippen LogP contribution in [0.25, 0.3) is 0 Å². The summed E-state index contributed by atoms with van der Waals surface area (Å²) in [6, 6.07) is 17.5. The van der Waals surface area contributed by atoms with Crippen LogP contribution in [0.3, 0.4) is 0 Å². The molecule has 0 unspecified atom stereocenters. The van der Waals surface area contributed by atoms with Crippen molar-refractivity contribution in [2.45, 2.75) is 25.4 Å². The Balaban J connectivity index is 1.91. The molecule has 0 bridgehead atoms. The summed E-state index contributed by atoms with van der Waals surface area (Å²) in [5, 5.41) is 19.2. The highest BCUT2D eigenvalue weighted by molar-refractivity contribution is 5.71. The number of nitrogens with zero attached hydrogens (tertiary/aromatic N) is 1. The molecule has 4 rings (SSSR count). The first kappa shape index (κ1) is 26.8. The smallest absolute Gasteiger partial charge is 0.341 e. The summed E-state index contributed by atoms with van der Waals surface area (Å²) in [4.78, 5) is 25.3. The van der Waals surface area contributed by atoms with E-state index in [1.165, 1.54) is 7.11 Å². The maximum absolute atomic E-state index is 12.2. The number of carbonyl (C=O) groups is 2. The van der Waals surface area contributed by atoms with Gasteiger partial charge in [-0.05, 0) is 59.5 Å². The van der Waals surface area contributed by atoms with Gasteiger partial charge in [0.2, 0.25) is 0 Å². The Bertz CT molecular complexity index is 1290. The zero-order valence-electron chi connectivity index (χ0n) is 21.5. The molecule has 200 valence electrons. The molecule has 0 radical (unpaired) electrons. The maximum atomic E-state index is 12.2. The monoisotopic (exact) mass is 521 g/mol. The zero-order chi connectivity index (χ0) is 27.2. The van der Waals surface area contributed by atoms with Crippen molar-refractivity contribution in [3.63, 3.8) is 0 Å². The number of hydrogen-bond acceptors (Lipinski definition) is 7. The SMILES string of the molecule is CCCOc1ccc2c(c1)[C@H](c1ccc(OC)cc1)N(CC(=O)O)[C@@H]2c1ccc(OC)cc1OCC(=O)O. The Morgan fingerprint density at radius 2 is 1.42 bits per heavy atom. The number of carboxylic acid groups (broad SMARTS) is 2. The molecule has 0 saturated heterocycles. The minimum Gasteiger partial charge on any atom is -0.497 e. The molecule has 2 N–H and O–H groups in total. The van der Waals surface area contributed by atoms with Crippen molar-refractivity contribution >= 4 is 11.9 Å². The molecule has 0 aromatic heterocycles. The molecule has 0 spiro atoms. The number of fused-ring (bicyclic) bond motifs is 1. The molecule has 0 fully saturated rings. The molecule has 38 heavy (non-hydrogen) atoms. The third-order valence-corrected chi connectivity index (χ3v) is 6.40. The summed E-state index contributed by atoms with van der Waals surface area (Å²) >= 11 is 0. The molecule has 3 aromatic rings. The molecule has 1 aliphatic rings. The van der Waals surface area contributed by atoms with Crippen LogP contribution in [0.1, 0.15) is 47.7 Å². The van der Waals surface area contributed by atoms with Gasteiger partial charge in [-0.15, -0.1) is 0 Å². The Hall–Kier alpha value is -4.24. The second kappa shape index (κ2) is 11.9. The van der Waals surface area contributed by atoms with Gasteiger partial charge in [-0.2, -0.15) is 0 Å². The maximum Gasteiger partial charge on any atom is 0.341 e. The molecular weight excluding hydrogens is 490 g/mol. The van der Waals surface area contributed by atoms with Crippen molar-refractivity contribution in [2.75, 3.05) is 34.0 Å². The largest absolute Gasteiger partial charge is 0.497 e. The van der Waals surface area contributed by atoms with Crippen LogP contribution in [0.4, 0.5) is 0 Å². The number of benzene rings is 3. The zero-order valence-corrected chi connectivity index (χ0v) is 21.5. The van der Waals surface area contributed by atoms with Gasteiger partial charge in [-0.25, -0.2) is 4.79 Å². The van der Waals surface area contributed by atoms with Gasteiger partial charge in [-0.1, -0.05) is 25.1 Å². The first-order chi connectivity index (χ1) is 18.4. The molecule has 0 saturated carbocycles. The van der Waals surface area contributed by atoms with E-state index in [2.05, 4.69) is 0 Å². The van der Waals surface area contributed by atoms with Crippen molar-refractivity contribution in [1.29, 1.82) is 0 Å². The highest BCUT2D eigenvalue weighted by atomic mass is 16.5. The number of aliphatic carboxylic acids is 2. The fraction of sp³-hybridized carbons (Fsp3) is 0.310. The van der Waals surface area contributed by atoms with Gasteiger partial charge in [0, 0.05) is 11.6 Å². The van der Waals surface area contributed by atoms with Crippen molar-refractivity contribution in [2.24, 2.45) is 0 Å². The lowest BCUT2D eigenvalue weighted by molar-refractivity contribution is -0.139. The van der Waals surface area contributed by atoms with Crippen LogP contribution >= 0.6 is 0 Å². The average molecular weight is 522 g/mol. The highest BCUT2D eigenvalue weighted by Gasteiger charge is 2.42. The van der Waals surface area contributed by atoms with E-state index >= 15 is 0 Å². The highest BCUT2D eigenvalue weighted by Crippen LogP contribution is 2.51. The van der Waals surface area contributed by atoms with Crippen molar-refractivity contribution in [3.05, 3.63) is 82.9 Å². The Morgan fingerprint density at radius 1 is 0.763 bits per heavy atom. The summed E-state index contributed by atoms with van der Waals surface area (Å²) < 4.78 is 22.3. The Morgan fingerprint density at radius 3 is 2.05 bits per heavy atom. The first-order valence-electron chi connectivity index (χ1n) is 12.3. The van der Waals surface area contributed by atoms with E-state index in [1.54, 1.807) is 25.3 Å². The van der Waals surface area contributed by atoms with E-state index in [1.807, 2.05) is 54.3 Å². The standard InChI is InChI=1S/C29H31NO8/c1-4-13-37-21-10-11-22-24(14-21)28(18-5-7-19(35-2)8-6-18)30(16-26(31)32)29(22)23-12-9-20(36-3)15-25(23)38-17-27(33)34/h5-12,14-15,28-29H,4,13,16-17H2,1-3H3,(H,31,32)(H,33,34)/t28-,29-/m0/s1. The molecule has 9 heteroatoms. The summed E-state index contributed by atoms with van der Waals surface area (Å²) in [5.74, 6) is 0.0593. The Labute approximate surface area is 221 Å². The molecule has 0 aliphatic carbocycles. The van der Waals surface area contributed by atoms with Crippen LogP contribution in [0.5, 0.6) is 23.0 Å². The average Bonchev–Trinajstić information content (AvgIpc) is 3.22. The van der Waals surface area contributed by atoms with Crippen molar-refractivity contribution in [3.8, 4) is 23.0 Å². The summed E-state index contributed by atoms with van der Waals surface area (Å²) in [7, 11) is 3.10. The van der Waals surface area contributed by atoms with Crippen LogP contribution in [-0.4, -0.2) is 61.0 Å². The fourth-order valence-electron chi connectivity index (χ4n) is 4.83. The lowest BCUT2D eigenvalue weighted by atomic mass is 9.94. The third kappa shape index (κ3) is 5.68. The predicted octanol–water partition coefficient (Wildman–Crippen LogP) is 4.54. The molecule has 1 aliphatic heterocycles. The van der Waals surface area contributed by atoms with Gasteiger partial charge in [0.15, 0.2) is 6.61 Å². The second-order valence-electron chi connectivity index (χ2n) is 8.87. The van der Waals surface area contributed by atoms with Gasteiger partial charge >= 0.3 is 11.9 Å². The van der Waals surface area contributed by atoms with E-state index in [0.29, 0.717) is 35.2 Å². The lowest BCUT2D eigenvalue weighted by Crippen LogP contribution is -2.33. The van der Waals surface area contributed by atoms with Gasteiger partial charge in [0.1, 0.15) is 23.0 Å². The van der Waals surface area contributed by atoms with Gasteiger partial charge in [0.25, 0.3) is 0 Å². The summed E-state index contributed by atoms with van der Waals surface area (Å²) in [5.41, 5.74) is 3.29. The molecule has 0 amide bonds. The third-order valence-electron chi connectivity index (χ3n) is 6.40. The second-order valence-corrected chi connectivity index (χ2v) is 8.87. The van der Waals surface area contributed by atoms with Crippen LogP contribution in [0.2, 0.25) is 0 Å². The normalized spacial score (nSPS) is 16.5. The van der Waals surface area contributed by atoms with E-state index in [-0.39, 0.29) is 6.54 Å². The summed E-state index contributed by atoms with van der Waals surface area (Å²) in [6.45, 7) is 1.76. The van der Waals surface area contributed by atoms with E-state index in [9.17, 15) is 19.8 Å². The number of methoxy groups -OCH3 is 2. The van der Waals surface area contributed by atoms with Gasteiger partial charge in [0.05, 0.1) is 39.5 Å². The molecule has 3 aromatic carbocycles. The first-order valence-corrected chi connectivity index (χ1v) is 12.3. The molecular formula is C29H31NO8. The summed E-state index contributed by atoms with van der Waals surface area (Å²) in [6.07, 6.45) is 0.850. The number of rotatable bonds is 12. The topological polar surface area (TPSA) is 115 Å². The van der Waals surface area contributed by atoms with E-state index in [4.69, 9.17) is 18.9 Å². The van der Waals surface area contributed by atoms with E-state index in [0.717, 1.165) is 23.1 Å². The molecule has 1 heterocycles. The number of ether oxygens (including phenoxy) is 4. The Kier molecular flexibility index (Phi) is 8.38. The van der Waals surface area contributed by atoms with Gasteiger partial charge in [-0.3, -0.25) is 9.69 Å². The quantitative estimate of drug-likeness (QED) is 0.355. The van der Waals surface area contributed by atoms with Crippen LogP contribution in [0, 0.1) is 0 Å². The lowest BCUT2D eigenvalue weighted by Gasteiger charge is -2.31. The van der Waals surface area contributed by atoms with E-state index < -0.39 is 30.6 Å². The van der Waals surface area contributed by atoms with Crippen LogP contribution in [-0.2, 0) is 9.59 Å². The predicted molar refractivity (Wildman–Crippen MR) is 139 cm³/mol. The van der Waals surface area contributed by atoms with Crippen molar-refractivity contribution < 1.29 is 38.7 Å². The van der Waals surface area contributed by atoms with Crippen molar-refractivity contribution in [1.82, 2.24) is 4.90 Å². The van der Waals surface area contributed by atoms with Crippen LogP contribution < -0.4 is 18.9 Å². The fourth-order valence-corrected chi connectivity index (χ4v) is 4.83. The molecule has 9 nitrogen and oxygen atoms in total.